The lowest BCUT2D eigenvalue weighted by Gasteiger charge is -2.54. The highest BCUT2D eigenvalue weighted by Gasteiger charge is 2.47. The fraction of sp³-hybridized carbons (Fsp3) is 0.448. The molecule has 0 unspecified atom stereocenters. The third-order valence-electron chi connectivity index (χ3n) is 8.56. The van der Waals surface area contributed by atoms with Crippen molar-refractivity contribution in [2.24, 2.45) is 23.7 Å². The van der Waals surface area contributed by atoms with E-state index in [0.717, 1.165) is 47.0 Å². The molecule has 8 heteroatoms. The van der Waals surface area contributed by atoms with Gasteiger partial charge in [0.2, 0.25) is 0 Å². The number of carbonyl (C=O) groups is 1. The van der Waals surface area contributed by atoms with Crippen LogP contribution in [0, 0.1) is 30.6 Å². The normalized spacial score (nSPS) is 26.0. The Morgan fingerprint density at radius 1 is 0.892 bits per heavy atom. The van der Waals surface area contributed by atoms with Crippen LogP contribution in [0.4, 0.5) is 0 Å². The maximum atomic E-state index is 13.3. The molecule has 2 N–H and O–H groups in total. The number of benzene rings is 2. The Balaban J connectivity index is 1.19. The van der Waals surface area contributed by atoms with E-state index in [1.165, 1.54) is 32.1 Å². The molecule has 7 rings (SSSR count). The summed E-state index contributed by atoms with van der Waals surface area (Å²) in [5.74, 6) is 3.37. The number of nitrogens with zero attached hydrogens (tertiary/aromatic N) is 2. The maximum absolute atomic E-state index is 13.3. The molecule has 194 valence electrons. The van der Waals surface area contributed by atoms with Gasteiger partial charge < -0.3 is 10.6 Å². The lowest BCUT2D eigenvalue weighted by Crippen LogP contribution is -2.55. The van der Waals surface area contributed by atoms with Crippen molar-refractivity contribution < 1.29 is 4.79 Å². The zero-order valence-corrected chi connectivity index (χ0v) is 23.1. The summed E-state index contributed by atoms with van der Waals surface area (Å²) in [6.45, 7) is 3.25. The van der Waals surface area contributed by atoms with Crippen molar-refractivity contribution in [3.8, 4) is 16.9 Å². The highest BCUT2D eigenvalue weighted by Crippen LogP contribution is 2.53. The highest BCUT2D eigenvalue weighted by molar-refractivity contribution is 6.34. The van der Waals surface area contributed by atoms with Crippen molar-refractivity contribution >= 4 is 40.7 Å². The molecule has 2 aromatic carbocycles. The minimum Gasteiger partial charge on any atom is -0.349 e. The monoisotopic (exact) mass is 556 g/mol. The van der Waals surface area contributed by atoms with Crippen LogP contribution in [0.3, 0.4) is 0 Å². The Hall–Kier alpha value is -2.05. The van der Waals surface area contributed by atoms with Gasteiger partial charge in [-0.3, -0.25) is 4.79 Å². The van der Waals surface area contributed by atoms with Crippen LogP contribution in [0.5, 0.6) is 0 Å². The molecule has 1 heterocycles. The van der Waals surface area contributed by atoms with E-state index in [1.807, 2.05) is 31.2 Å². The van der Waals surface area contributed by atoms with Gasteiger partial charge in [-0.1, -0.05) is 46.9 Å². The number of halogens is 3. The molecule has 4 fully saturated rings. The number of nitrogens with one attached hydrogen (secondary N) is 2. The summed E-state index contributed by atoms with van der Waals surface area (Å²) < 4.78 is 1.73. The summed E-state index contributed by atoms with van der Waals surface area (Å²) in [7, 11) is 0. The Labute approximate surface area is 232 Å². The molecule has 4 bridgehead atoms. The predicted octanol–water partition coefficient (Wildman–Crippen LogP) is 6.95. The minimum atomic E-state index is -0.188. The van der Waals surface area contributed by atoms with E-state index in [2.05, 4.69) is 10.6 Å². The Morgan fingerprint density at radius 2 is 1.51 bits per heavy atom. The van der Waals surface area contributed by atoms with Gasteiger partial charge in [0.15, 0.2) is 5.69 Å². The SMILES string of the molecule is Cc1c(C(=O)NCCNC2C3CC4CC(C3)CC2C4)nn(-c2cc(Cl)cc(Cl)c2)c1-c1ccc(Cl)cc1. The lowest BCUT2D eigenvalue weighted by atomic mass is 9.54. The van der Waals surface area contributed by atoms with Crippen LogP contribution in [0.25, 0.3) is 16.9 Å². The number of amides is 1. The van der Waals surface area contributed by atoms with Crippen LogP contribution in [0.15, 0.2) is 42.5 Å². The second-order valence-corrected chi connectivity index (χ2v) is 12.3. The molecule has 37 heavy (non-hydrogen) atoms. The molecule has 0 spiro atoms. The first-order valence-corrected chi connectivity index (χ1v) is 14.3. The lowest BCUT2D eigenvalue weighted by molar-refractivity contribution is -0.0133. The van der Waals surface area contributed by atoms with Gasteiger partial charge in [0.05, 0.1) is 11.4 Å². The quantitative estimate of drug-likeness (QED) is 0.309. The van der Waals surface area contributed by atoms with Gasteiger partial charge in [0.25, 0.3) is 5.91 Å². The first kappa shape index (κ1) is 25.2. The summed E-state index contributed by atoms with van der Waals surface area (Å²) in [5, 5.41) is 13.2. The van der Waals surface area contributed by atoms with Crippen LogP contribution in [0.1, 0.15) is 48.2 Å². The number of rotatable bonds is 7. The molecular weight excluding hydrogens is 527 g/mol. The maximum Gasteiger partial charge on any atom is 0.272 e. The Kier molecular flexibility index (Phi) is 7.00. The third-order valence-corrected chi connectivity index (χ3v) is 9.25. The van der Waals surface area contributed by atoms with Crippen LogP contribution in [-0.2, 0) is 0 Å². The average Bonchev–Trinajstić information content (AvgIpc) is 3.19. The van der Waals surface area contributed by atoms with Crippen LogP contribution in [0.2, 0.25) is 15.1 Å². The van der Waals surface area contributed by atoms with Gasteiger partial charge in [-0.2, -0.15) is 5.10 Å². The standard InChI is InChI=1S/C29H31Cl3N4O/c1-16-26(29(37)34-7-6-33-27-20-9-17-8-18(11-20)12-21(27)10-17)35-36(25-14-23(31)13-24(32)15-25)28(16)19-2-4-22(30)5-3-19/h2-5,13-15,17-18,20-21,27,33H,6-12H2,1H3,(H,34,37). The van der Waals surface area contributed by atoms with Gasteiger partial charge in [0, 0.05) is 45.3 Å². The zero-order chi connectivity index (χ0) is 25.7. The summed E-state index contributed by atoms with van der Waals surface area (Å²) >= 11 is 18.7. The second kappa shape index (κ2) is 10.3. The first-order valence-electron chi connectivity index (χ1n) is 13.2. The van der Waals surface area contributed by atoms with Gasteiger partial charge >= 0.3 is 0 Å². The number of aromatic nitrogens is 2. The van der Waals surface area contributed by atoms with Crippen LogP contribution >= 0.6 is 34.8 Å². The second-order valence-electron chi connectivity index (χ2n) is 11.0. The Bertz CT molecular complexity index is 1270. The fourth-order valence-corrected chi connectivity index (χ4v) is 7.90. The first-order chi connectivity index (χ1) is 17.9. The van der Waals surface area contributed by atoms with Gasteiger partial charge in [-0.25, -0.2) is 4.68 Å². The zero-order valence-electron chi connectivity index (χ0n) is 20.8. The largest absolute Gasteiger partial charge is 0.349 e. The Morgan fingerprint density at radius 3 is 2.14 bits per heavy atom. The third kappa shape index (κ3) is 5.04. The molecule has 0 aliphatic heterocycles. The number of hydrogen-bond acceptors (Lipinski definition) is 3. The molecule has 0 atom stereocenters. The van der Waals surface area contributed by atoms with E-state index >= 15 is 0 Å². The van der Waals surface area contributed by atoms with Crippen molar-refractivity contribution in [2.45, 2.75) is 45.1 Å². The van der Waals surface area contributed by atoms with E-state index < -0.39 is 0 Å². The summed E-state index contributed by atoms with van der Waals surface area (Å²) in [6.07, 6.45) is 6.99. The van der Waals surface area contributed by atoms with Crippen molar-refractivity contribution in [3.63, 3.8) is 0 Å². The summed E-state index contributed by atoms with van der Waals surface area (Å²) in [6, 6.07) is 13.4. The van der Waals surface area contributed by atoms with Crippen molar-refractivity contribution in [1.29, 1.82) is 0 Å². The van der Waals surface area contributed by atoms with Gasteiger partial charge in [0.1, 0.15) is 0 Å². The molecule has 4 saturated carbocycles. The van der Waals surface area contributed by atoms with E-state index in [-0.39, 0.29) is 5.91 Å². The molecule has 0 radical (unpaired) electrons. The highest BCUT2D eigenvalue weighted by atomic mass is 35.5. The van der Waals surface area contributed by atoms with E-state index in [4.69, 9.17) is 39.9 Å². The summed E-state index contributed by atoms with van der Waals surface area (Å²) in [5.41, 5.74) is 3.55. The van der Waals surface area contributed by atoms with Crippen molar-refractivity contribution in [1.82, 2.24) is 20.4 Å². The summed E-state index contributed by atoms with van der Waals surface area (Å²) in [4.78, 5) is 13.3. The number of hydrogen-bond donors (Lipinski definition) is 2. The smallest absolute Gasteiger partial charge is 0.272 e. The molecule has 3 aromatic rings. The minimum absolute atomic E-state index is 0.188. The van der Waals surface area contributed by atoms with E-state index in [9.17, 15) is 4.79 Å². The average molecular weight is 558 g/mol. The van der Waals surface area contributed by atoms with Crippen molar-refractivity contribution in [2.75, 3.05) is 13.1 Å². The molecule has 4 aliphatic rings. The van der Waals surface area contributed by atoms with E-state index in [1.54, 1.807) is 22.9 Å². The number of carbonyl (C=O) groups excluding carboxylic acids is 1. The van der Waals surface area contributed by atoms with Crippen molar-refractivity contribution in [3.05, 3.63) is 68.8 Å². The molecule has 1 aromatic heterocycles. The van der Waals surface area contributed by atoms with Crippen LogP contribution in [-0.4, -0.2) is 34.8 Å². The molecular formula is C29H31Cl3N4O. The fourth-order valence-electron chi connectivity index (χ4n) is 7.26. The molecule has 0 saturated heterocycles. The molecule has 5 nitrogen and oxygen atoms in total. The molecule has 1 amide bonds. The topological polar surface area (TPSA) is 59.0 Å². The van der Waals surface area contributed by atoms with E-state index in [0.29, 0.717) is 39.0 Å². The van der Waals surface area contributed by atoms with Gasteiger partial charge in [-0.15, -0.1) is 0 Å². The van der Waals surface area contributed by atoms with Gasteiger partial charge in [-0.05, 0) is 93.0 Å². The predicted molar refractivity (Wildman–Crippen MR) is 150 cm³/mol. The molecule has 4 aliphatic carbocycles. The van der Waals surface area contributed by atoms with Crippen LogP contribution < -0.4 is 10.6 Å².